The van der Waals surface area contributed by atoms with Crippen LogP contribution < -0.4 is 10.6 Å². The Morgan fingerprint density at radius 3 is 2.42 bits per heavy atom. The van der Waals surface area contributed by atoms with Gasteiger partial charge in [0, 0.05) is 28.9 Å². The summed E-state index contributed by atoms with van der Waals surface area (Å²) >= 11 is 1.57. The van der Waals surface area contributed by atoms with Crippen molar-refractivity contribution in [2.45, 2.75) is 31.7 Å². The van der Waals surface area contributed by atoms with E-state index in [1.807, 2.05) is 29.6 Å². The Morgan fingerprint density at radius 2 is 1.83 bits per heavy atom. The minimum Gasteiger partial charge on any atom is -0.481 e. The van der Waals surface area contributed by atoms with Crippen molar-refractivity contribution in [3.05, 3.63) is 35.8 Å². The number of hydrogen-bond donors (Lipinski definition) is 3. The second-order valence-corrected chi connectivity index (χ2v) is 6.79. The minimum atomic E-state index is -0.738. The van der Waals surface area contributed by atoms with Crippen molar-refractivity contribution in [2.24, 2.45) is 5.92 Å². The van der Waals surface area contributed by atoms with Gasteiger partial charge in [0.2, 0.25) is 0 Å². The van der Waals surface area contributed by atoms with Crippen LogP contribution in [0.4, 0.5) is 10.5 Å². The number of rotatable bonds is 4. The van der Waals surface area contributed by atoms with E-state index >= 15 is 0 Å². The molecule has 2 amide bonds. The molecule has 0 aliphatic heterocycles. The van der Waals surface area contributed by atoms with Gasteiger partial charge < -0.3 is 15.7 Å². The number of aromatic nitrogens is 1. The zero-order valence-corrected chi connectivity index (χ0v) is 13.9. The van der Waals surface area contributed by atoms with Crippen molar-refractivity contribution < 1.29 is 14.7 Å². The highest BCUT2D eigenvalue weighted by Crippen LogP contribution is 2.25. The summed E-state index contributed by atoms with van der Waals surface area (Å²) in [6, 6.07) is 7.32. The van der Waals surface area contributed by atoms with Crippen LogP contribution in [0.5, 0.6) is 0 Å². The maximum Gasteiger partial charge on any atom is 0.319 e. The first-order chi connectivity index (χ1) is 11.6. The molecule has 0 spiro atoms. The first kappa shape index (κ1) is 16.4. The molecule has 1 aliphatic carbocycles. The smallest absolute Gasteiger partial charge is 0.319 e. The van der Waals surface area contributed by atoms with Gasteiger partial charge in [0.15, 0.2) is 0 Å². The van der Waals surface area contributed by atoms with Crippen LogP contribution in [-0.2, 0) is 4.79 Å². The molecule has 1 aliphatic rings. The highest BCUT2D eigenvalue weighted by atomic mass is 32.1. The van der Waals surface area contributed by atoms with Crippen molar-refractivity contribution in [1.29, 1.82) is 0 Å². The molecule has 0 radical (unpaired) electrons. The fourth-order valence-electron chi connectivity index (χ4n) is 2.90. The van der Waals surface area contributed by atoms with Crippen molar-refractivity contribution in [3.8, 4) is 10.6 Å². The van der Waals surface area contributed by atoms with Gasteiger partial charge in [0.05, 0.1) is 5.92 Å². The number of carboxylic acids is 1. The molecule has 0 unspecified atom stereocenters. The lowest BCUT2D eigenvalue weighted by Crippen LogP contribution is -2.40. The van der Waals surface area contributed by atoms with Gasteiger partial charge in [-0.3, -0.25) is 4.79 Å². The first-order valence-electron chi connectivity index (χ1n) is 7.92. The van der Waals surface area contributed by atoms with Gasteiger partial charge in [0.25, 0.3) is 0 Å². The topological polar surface area (TPSA) is 91.3 Å². The number of benzene rings is 1. The Labute approximate surface area is 143 Å². The standard InChI is InChI=1S/C17H19N3O3S/c21-16(22)12-3-7-14(8-4-12)20-17(23)19-13-5-1-11(2-6-13)15-18-9-10-24-15/h1-2,5-6,9-10,12,14H,3-4,7-8H2,(H,21,22)(H2,19,20,23). The number of urea groups is 1. The van der Waals surface area contributed by atoms with Gasteiger partial charge in [-0.2, -0.15) is 0 Å². The Hall–Kier alpha value is -2.41. The summed E-state index contributed by atoms with van der Waals surface area (Å²) in [5, 5.41) is 17.6. The average molecular weight is 345 g/mol. The summed E-state index contributed by atoms with van der Waals surface area (Å²) in [6.45, 7) is 0. The highest BCUT2D eigenvalue weighted by Gasteiger charge is 2.26. The number of hydrogen-bond acceptors (Lipinski definition) is 4. The molecule has 3 N–H and O–H groups in total. The van der Waals surface area contributed by atoms with Crippen LogP contribution in [0.1, 0.15) is 25.7 Å². The first-order valence-corrected chi connectivity index (χ1v) is 8.80. The van der Waals surface area contributed by atoms with E-state index in [0.717, 1.165) is 10.6 Å². The largest absolute Gasteiger partial charge is 0.481 e. The van der Waals surface area contributed by atoms with E-state index in [4.69, 9.17) is 5.11 Å². The Morgan fingerprint density at radius 1 is 1.12 bits per heavy atom. The lowest BCUT2D eigenvalue weighted by Gasteiger charge is -2.26. The number of carboxylic acid groups (broad SMARTS) is 1. The van der Waals surface area contributed by atoms with Crippen molar-refractivity contribution in [3.63, 3.8) is 0 Å². The minimum absolute atomic E-state index is 0.0372. The average Bonchev–Trinajstić information content (AvgIpc) is 3.10. The predicted molar refractivity (Wildman–Crippen MR) is 93.1 cm³/mol. The van der Waals surface area contributed by atoms with E-state index in [-0.39, 0.29) is 18.0 Å². The second kappa shape index (κ2) is 7.44. The van der Waals surface area contributed by atoms with Crippen LogP contribution in [0.2, 0.25) is 0 Å². The molecule has 24 heavy (non-hydrogen) atoms. The molecular weight excluding hydrogens is 326 g/mol. The zero-order valence-electron chi connectivity index (χ0n) is 13.1. The van der Waals surface area contributed by atoms with Crippen molar-refractivity contribution in [1.82, 2.24) is 10.3 Å². The van der Waals surface area contributed by atoms with Gasteiger partial charge in [-0.25, -0.2) is 9.78 Å². The Bertz CT molecular complexity index is 692. The molecule has 0 bridgehead atoms. The third kappa shape index (κ3) is 4.11. The quantitative estimate of drug-likeness (QED) is 0.790. The molecule has 1 saturated carbocycles. The molecular formula is C17H19N3O3S. The maximum absolute atomic E-state index is 12.1. The van der Waals surface area contributed by atoms with Crippen LogP contribution in [0, 0.1) is 5.92 Å². The zero-order chi connectivity index (χ0) is 16.9. The van der Waals surface area contributed by atoms with E-state index in [1.165, 1.54) is 0 Å². The number of nitrogens with zero attached hydrogens (tertiary/aromatic N) is 1. The number of carbonyl (C=O) groups excluding carboxylic acids is 1. The summed E-state index contributed by atoms with van der Waals surface area (Å²) in [4.78, 5) is 27.2. The van der Waals surface area contributed by atoms with E-state index in [2.05, 4.69) is 15.6 Å². The third-order valence-electron chi connectivity index (χ3n) is 4.23. The Balaban J connectivity index is 1.49. The SMILES string of the molecule is O=C(Nc1ccc(-c2nccs2)cc1)NC1CCC(C(=O)O)CC1. The van der Waals surface area contributed by atoms with Crippen molar-refractivity contribution in [2.75, 3.05) is 5.32 Å². The fraction of sp³-hybridized carbons (Fsp3) is 0.353. The van der Waals surface area contributed by atoms with Gasteiger partial charge in [-0.05, 0) is 49.9 Å². The van der Waals surface area contributed by atoms with E-state index in [1.54, 1.807) is 17.5 Å². The molecule has 2 aromatic rings. The van der Waals surface area contributed by atoms with Crippen LogP contribution in [0.3, 0.4) is 0 Å². The van der Waals surface area contributed by atoms with Gasteiger partial charge in [-0.15, -0.1) is 11.3 Å². The van der Waals surface area contributed by atoms with Crippen LogP contribution >= 0.6 is 11.3 Å². The number of amides is 2. The molecule has 126 valence electrons. The number of carbonyl (C=O) groups is 2. The molecule has 0 saturated heterocycles. The van der Waals surface area contributed by atoms with Gasteiger partial charge in [0.1, 0.15) is 5.01 Å². The molecule has 1 heterocycles. The molecule has 1 fully saturated rings. The lowest BCUT2D eigenvalue weighted by atomic mass is 9.86. The third-order valence-corrected chi connectivity index (χ3v) is 5.06. The van der Waals surface area contributed by atoms with Crippen LogP contribution in [-0.4, -0.2) is 28.1 Å². The summed E-state index contributed by atoms with van der Waals surface area (Å²) in [5.74, 6) is -1.01. The number of anilines is 1. The molecule has 1 aromatic carbocycles. The molecule has 7 heteroatoms. The monoisotopic (exact) mass is 345 g/mol. The van der Waals surface area contributed by atoms with E-state index in [0.29, 0.717) is 31.4 Å². The second-order valence-electron chi connectivity index (χ2n) is 5.90. The summed E-state index contributed by atoms with van der Waals surface area (Å²) in [5.41, 5.74) is 1.73. The molecule has 0 atom stereocenters. The number of thiazole rings is 1. The molecule has 1 aromatic heterocycles. The van der Waals surface area contributed by atoms with Crippen molar-refractivity contribution >= 4 is 29.0 Å². The van der Waals surface area contributed by atoms with E-state index in [9.17, 15) is 9.59 Å². The summed E-state index contributed by atoms with van der Waals surface area (Å²) in [6.07, 6.45) is 4.39. The van der Waals surface area contributed by atoms with Gasteiger partial charge >= 0.3 is 12.0 Å². The fourth-order valence-corrected chi connectivity index (χ4v) is 3.54. The van der Waals surface area contributed by atoms with Gasteiger partial charge in [-0.1, -0.05) is 0 Å². The number of aliphatic carboxylic acids is 1. The Kier molecular flexibility index (Phi) is 5.10. The predicted octanol–water partition coefficient (Wildman–Crippen LogP) is 3.58. The van der Waals surface area contributed by atoms with E-state index < -0.39 is 5.97 Å². The summed E-state index contributed by atoms with van der Waals surface area (Å²) in [7, 11) is 0. The molecule has 6 nitrogen and oxygen atoms in total. The molecule has 3 rings (SSSR count). The maximum atomic E-state index is 12.1. The lowest BCUT2D eigenvalue weighted by molar-refractivity contribution is -0.142. The van der Waals surface area contributed by atoms with Crippen LogP contribution in [0.25, 0.3) is 10.6 Å². The number of nitrogens with one attached hydrogen (secondary N) is 2. The summed E-state index contributed by atoms with van der Waals surface area (Å²) < 4.78 is 0. The highest BCUT2D eigenvalue weighted by molar-refractivity contribution is 7.13. The van der Waals surface area contributed by atoms with Crippen LogP contribution in [0.15, 0.2) is 35.8 Å². The normalized spacial score (nSPS) is 20.3.